The van der Waals surface area contributed by atoms with E-state index >= 15 is 0 Å². The Labute approximate surface area is 69.8 Å². The van der Waals surface area contributed by atoms with Gasteiger partial charge in [0.15, 0.2) is 0 Å². The third-order valence-electron chi connectivity index (χ3n) is 0.726. The highest BCUT2D eigenvalue weighted by Gasteiger charge is 2.15. The molecule has 0 radical (unpaired) electrons. The highest BCUT2D eigenvalue weighted by molar-refractivity contribution is 6.62. The maximum atomic E-state index is 10.4. The molecule has 0 bridgehead atoms. The summed E-state index contributed by atoms with van der Waals surface area (Å²) in [7, 11) is 0. The summed E-state index contributed by atoms with van der Waals surface area (Å²) in [5, 5.41) is 6.70. The van der Waals surface area contributed by atoms with Crippen LogP contribution in [0.1, 0.15) is 6.92 Å². The molecule has 0 aliphatic carbocycles. The number of carbonyl (C=O) groups excluding carboxylic acids is 2. The lowest BCUT2D eigenvalue weighted by Crippen LogP contribution is -2.31. The molecule has 0 fully saturated rings. The largest absolute Gasteiger partial charge is 0.461 e. The molecule has 64 valence electrons. The SMILES string of the molecule is CCOC(=O)C(=N)C(N)=O.Cl. The molecule has 0 rings (SSSR count). The van der Waals surface area contributed by atoms with Crippen LogP contribution in [0.5, 0.6) is 0 Å². The maximum Gasteiger partial charge on any atom is 0.362 e. The highest BCUT2D eigenvalue weighted by atomic mass is 35.5. The molecule has 0 atom stereocenters. The summed E-state index contributed by atoms with van der Waals surface area (Å²) >= 11 is 0. The lowest BCUT2D eigenvalue weighted by atomic mass is 10.4. The fourth-order valence-electron chi connectivity index (χ4n) is 0.304. The minimum Gasteiger partial charge on any atom is -0.461 e. The Morgan fingerprint density at radius 1 is 1.55 bits per heavy atom. The number of primary amides is 1. The van der Waals surface area contributed by atoms with E-state index in [1.54, 1.807) is 6.92 Å². The van der Waals surface area contributed by atoms with Gasteiger partial charge >= 0.3 is 5.97 Å². The molecule has 1 amide bonds. The first-order valence-corrected chi connectivity index (χ1v) is 2.65. The maximum absolute atomic E-state index is 10.4. The standard InChI is InChI=1S/C5H8N2O3.ClH/c1-2-10-5(9)3(6)4(7)8;/h6H,2H2,1H3,(H2,7,8);1H. The van der Waals surface area contributed by atoms with Gasteiger partial charge in [0, 0.05) is 0 Å². The first-order chi connectivity index (χ1) is 4.59. The van der Waals surface area contributed by atoms with E-state index in [-0.39, 0.29) is 19.0 Å². The van der Waals surface area contributed by atoms with E-state index in [0.717, 1.165) is 0 Å². The van der Waals surface area contributed by atoms with Crippen LogP contribution >= 0.6 is 12.4 Å². The number of hydrogen-bond donors (Lipinski definition) is 2. The molecule has 0 unspecified atom stereocenters. The van der Waals surface area contributed by atoms with Crippen molar-refractivity contribution in [3.63, 3.8) is 0 Å². The summed E-state index contributed by atoms with van der Waals surface area (Å²) in [6.07, 6.45) is 0. The number of halogens is 1. The first kappa shape index (κ1) is 12.6. The highest BCUT2D eigenvalue weighted by Crippen LogP contribution is 1.79. The fraction of sp³-hybridized carbons (Fsp3) is 0.400. The van der Waals surface area contributed by atoms with Crippen molar-refractivity contribution in [2.24, 2.45) is 5.73 Å². The van der Waals surface area contributed by atoms with Crippen LogP contribution in [-0.2, 0) is 14.3 Å². The van der Waals surface area contributed by atoms with Gasteiger partial charge in [-0.15, -0.1) is 12.4 Å². The second-order valence-corrected chi connectivity index (χ2v) is 1.46. The predicted octanol–water partition coefficient (Wildman–Crippen LogP) is -0.524. The minimum atomic E-state index is -1.07. The number of esters is 1. The van der Waals surface area contributed by atoms with Crippen LogP contribution in [0.4, 0.5) is 0 Å². The molecule has 6 heteroatoms. The molecule has 0 aromatic rings. The molecule has 5 nitrogen and oxygen atoms in total. The first-order valence-electron chi connectivity index (χ1n) is 2.65. The van der Waals surface area contributed by atoms with Crippen LogP contribution in [0.2, 0.25) is 0 Å². The van der Waals surface area contributed by atoms with E-state index in [0.29, 0.717) is 0 Å². The molecule has 0 aliphatic heterocycles. The average molecular weight is 181 g/mol. The third kappa shape index (κ3) is 4.32. The van der Waals surface area contributed by atoms with Gasteiger partial charge in [-0.3, -0.25) is 10.2 Å². The van der Waals surface area contributed by atoms with Gasteiger partial charge in [-0.1, -0.05) is 0 Å². The van der Waals surface area contributed by atoms with E-state index in [2.05, 4.69) is 10.5 Å². The van der Waals surface area contributed by atoms with E-state index in [1.807, 2.05) is 0 Å². The van der Waals surface area contributed by atoms with Gasteiger partial charge < -0.3 is 10.5 Å². The molecular weight excluding hydrogens is 172 g/mol. The number of carbonyl (C=O) groups is 2. The summed E-state index contributed by atoms with van der Waals surface area (Å²) in [6.45, 7) is 1.71. The Morgan fingerprint density at radius 2 is 2.00 bits per heavy atom. The second kappa shape index (κ2) is 5.67. The Hall–Kier alpha value is -1.10. The lowest BCUT2D eigenvalue weighted by molar-refractivity contribution is -0.135. The molecule has 0 heterocycles. The summed E-state index contributed by atoms with van der Waals surface area (Å²) in [4.78, 5) is 20.5. The molecule has 0 spiro atoms. The fourth-order valence-corrected chi connectivity index (χ4v) is 0.304. The average Bonchev–Trinajstić information content (AvgIpc) is 1.87. The molecule has 11 heavy (non-hydrogen) atoms. The van der Waals surface area contributed by atoms with Crippen molar-refractivity contribution in [1.29, 1.82) is 5.41 Å². The monoisotopic (exact) mass is 180 g/mol. The Kier molecular flexibility index (Phi) is 6.47. The van der Waals surface area contributed by atoms with Crippen LogP contribution in [0.15, 0.2) is 0 Å². The molecule has 0 aliphatic rings. The predicted molar refractivity (Wildman–Crippen MR) is 40.8 cm³/mol. The third-order valence-corrected chi connectivity index (χ3v) is 0.726. The molecule has 0 saturated carbocycles. The summed E-state index contributed by atoms with van der Waals surface area (Å²) in [5.41, 5.74) is 3.79. The summed E-state index contributed by atoms with van der Waals surface area (Å²) in [6, 6.07) is 0. The number of hydrogen-bond acceptors (Lipinski definition) is 4. The van der Waals surface area contributed by atoms with E-state index in [9.17, 15) is 9.59 Å². The minimum absolute atomic E-state index is 0. The van der Waals surface area contributed by atoms with E-state index in [4.69, 9.17) is 5.41 Å². The second-order valence-electron chi connectivity index (χ2n) is 1.46. The van der Waals surface area contributed by atoms with Crippen LogP contribution < -0.4 is 5.73 Å². The molecule has 3 N–H and O–H groups in total. The van der Waals surface area contributed by atoms with Gasteiger partial charge in [0.2, 0.25) is 5.71 Å². The van der Waals surface area contributed by atoms with Gasteiger partial charge in [-0.05, 0) is 6.92 Å². The smallest absolute Gasteiger partial charge is 0.362 e. The Morgan fingerprint density at radius 3 is 2.27 bits per heavy atom. The van der Waals surface area contributed by atoms with Gasteiger partial charge in [0.25, 0.3) is 5.91 Å². The number of amides is 1. The van der Waals surface area contributed by atoms with Gasteiger partial charge in [-0.2, -0.15) is 0 Å². The van der Waals surface area contributed by atoms with E-state index < -0.39 is 17.6 Å². The van der Waals surface area contributed by atoms with Crippen molar-refractivity contribution in [2.75, 3.05) is 6.61 Å². The zero-order valence-electron chi connectivity index (χ0n) is 5.92. The van der Waals surface area contributed by atoms with Crippen molar-refractivity contribution < 1.29 is 14.3 Å². The van der Waals surface area contributed by atoms with Crippen LogP contribution in [0.3, 0.4) is 0 Å². The summed E-state index contributed by atoms with van der Waals surface area (Å²) < 4.78 is 4.30. The molecule has 0 saturated heterocycles. The van der Waals surface area contributed by atoms with Gasteiger partial charge in [0.05, 0.1) is 6.61 Å². The number of nitrogens with two attached hydrogens (primary N) is 1. The van der Waals surface area contributed by atoms with Crippen molar-refractivity contribution >= 4 is 30.0 Å². The van der Waals surface area contributed by atoms with Crippen LogP contribution in [-0.4, -0.2) is 24.2 Å². The lowest BCUT2D eigenvalue weighted by Gasteiger charge is -1.97. The van der Waals surface area contributed by atoms with E-state index in [1.165, 1.54) is 0 Å². The Balaban J connectivity index is 0. The van der Waals surface area contributed by atoms with Gasteiger partial charge in [0.1, 0.15) is 0 Å². The molecule has 0 aromatic carbocycles. The number of rotatable bonds is 3. The molecule has 0 aromatic heterocycles. The van der Waals surface area contributed by atoms with Crippen LogP contribution in [0.25, 0.3) is 0 Å². The van der Waals surface area contributed by atoms with Crippen molar-refractivity contribution in [2.45, 2.75) is 6.92 Å². The zero-order chi connectivity index (χ0) is 8.15. The van der Waals surface area contributed by atoms with Crippen molar-refractivity contribution in [3.05, 3.63) is 0 Å². The van der Waals surface area contributed by atoms with Gasteiger partial charge in [-0.25, -0.2) is 4.79 Å². The number of ether oxygens (including phenoxy) is 1. The quantitative estimate of drug-likeness (QED) is 0.348. The topological polar surface area (TPSA) is 93.2 Å². The van der Waals surface area contributed by atoms with Crippen molar-refractivity contribution in [1.82, 2.24) is 0 Å². The Bertz CT molecular complexity index is 181. The van der Waals surface area contributed by atoms with Crippen LogP contribution in [0, 0.1) is 5.41 Å². The normalized spacial score (nSPS) is 7.73. The summed E-state index contributed by atoms with van der Waals surface area (Å²) in [5.74, 6) is -2.05. The molecular formula is C5H9ClN2O3. The number of nitrogens with one attached hydrogen (secondary N) is 1. The van der Waals surface area contributed by atoms with Crippen molar-refractivity contribution in [3.8, 4) is 0 Å². The zero-order valence-corrected chi connectivity index (χ0v) is 6.73.